The number of halogens is 1. The third-order valence-electron chi connectivity index (χ3n) is 7.14. The van der Waals surface area contributed by atoms with E-state index < -0.39 is 11.6 Å². The van der Waals surface area contributed by atoms with Crippen molar-refractivity contribution in [2.45, 2.75) is 43.7 Å². The van der Waals surface area contributed by atoms with Crippen molar-refractivity contribution in [3.05, 3.63) is 100 Å². The van der Waals surface area contributed by atoms with Gasteiger partial charge in [0.05, 0.1) is 6.61 Å². The van der Waals surface area contributed by atoms with Crippen LogP contribution in [0.25, 0.3) is 0 Å². The Bertz CT molecular complexity index is 1240. The lowest BCUT2D eigenvalue weighted by Gasteiger charge is -2.37. The zero-order chi connectivity index (χ0) is 26.4. The molecule has 0 unspecified atom stereocenters. The number of aliphatic hydroxyl groups excluding tert-OH is 1. The fraction of sp³-hybridized carbons (Fsp3) is 0.355. The summed E-state index contributed by atoms with van der Waals surface area (Å²) in [6, 6.07) is 25.6. The Morgan fingerprint density at radius 3 is 2.39 bits per heavy atom. The Morgan fingerprint density at radius 1 is 1.00 bits per heavy atom. The number of benzene rings is 3. The summed E-state index contributed by atoms with van der Waals surface area (Å²) < 4.78 is 13.3. The number of likely N-dealkylation sites (tertiary alicyclic amines) is 1. The molecule has 1 fully saturated rings. The van der Waals surface area contributed by atoms with Crippen LogP contribution >= 0.6 is 15.9 Å². The maximum atomic E-state index is 14.4. The van der Waals surface area contributed by atoms with Gasteiger partial charge in [-0.15, -0.1) is 0 Å². The van der Waals surface area contributed by atoms with Gasteiger partial charge in [-0.1, -0.05) is 58.4 Å². The summed E-state index contributed by atoms with van der Waals surface area (Å²) in [5, 5.41) is 9.01. The summed E-state index contributed by atoms with van der Waals surface area (Å²) in [6.07, 6.45) is 3.60. The Kier molecular flexibility index (Phi) is 8.45. The molecule has 1 saturated heterocycles. The first kappa shape index (κ1) is 26.4. The number of aliphatic hydroxyl groups is 1. The molecule has 2 atom stereocenters. The van der Waals surface area contributed by atoms with E-state index in [0.29, 0.717) is 31.1 Å². The lowest BCUT2D eigenvalue weighted by Crippen LogP contribution is -2.53. The largest absolute Gasteiger partial charge is 0.494 e. The molecule has 2 heterocycles. The van der Waals surface area contributed by atoms with Crippen LogP contribution in [0.4, 0.5) is 0 Å². The number of rotatable bonds is 9. The van der Waals surface area contributed by atoms with E-state index in [1.807, 2.05) is 71.6 Å². The third kappa shape index (κ3) is 5.79. The molecule has 0 bridgehead atoms. The van der Waals surface area contributed by atoms with Gasteiger partial charge in [0.15, 0.2) is 11.6 Å². The first-order chi connectivity index (χ1) is 18.6. The molecule has 1 N–H and O–H groups in total. The lowest BCUT2D eigenvalue weighted by molar-refractivity contribution is -0.140. The first-order valence-electron chi connectivity index (χ1n) is 13.3. The van der Waals surface area contributed by atoms with Crippen LogP contribution in [-0.4, -0.2) is 53.7 Å². The minimum atomic E-state index is -1.13. The van der Waals surface area contributed by atoms with Crippen molar-refractivity contribution in [1.82, 2.24) is 4.90 Å². The van der Waals surface area contributed by atoms with Crippen LogP contribution in [0.15, 0.2) is 88.3 Å². The number of piperidine rings is 1. The number of aliphatic imine (C=N–C) groups is 1. The maximum absolute atomic E-state index is 14.4. The highest BCUT2D eigenvalue weighted by Gasteiger charge is 2.54. The highest BCUT2D eigenvalue weighted by atomic mass is 79.9. The van der Waals surface area contributed by atoms with Crippen molar-refractivity contribution >= 4 is 27.7 Å². The first-order valence-corrected chi connectivity index (χ1v) is 14.1. The SMILES string of the molecule is O=C(N1CCCCC1)[C@]1(Cc2ccccc2)N=C(c2ccc(OCCCO)cc2)O[C@@H]1c1ccc(Br)cc1. The maximum Gasteiger partial charge on any atom is 0.255 e. The Balaban J connectivity index is 1.56. The monoisotopic (exact) mass is 576 g/mol. The molecule has 0 saturated carbocycles. The molecule has 38 heavy (non-hydrogen) atoms. The second kappa shape index (κ2) is 12.1. The summed E-state index contributed by atoms with van der Waals surface area (Å²) in [7, 11) is 0. The molecule has 6 nitrogen and oxygen atoms in total. The van der Waals surface area contributed by atoms with Gasteiger partial charge in [0.1, 0.15) is 5.75 Å². The second-order valence-corrected chi connectivity index (χ2v) is 10.8. The molecule has 3 aromatic rings. The quantitative estimate of drug-likeness (QED) is 0.330. The van der Waals surface area contributed by atoms with E-state index in [0.717, 1.165) is 53.5 Å². The number of nitrogens with zero attached hydrogens (tertiary/aromatic N) is 2. The van der Waals surface area contributed by atoms with E-state index in [1.165, 1.54) is 0 Å². The third-order valence-corrected chi connectivity index (χ3v) is 7.67. The summed E-state index contributed by atoms with van der Waals surface area (Å²) in [5.74, 6) is 1.19. The normalized spacial score (nSPS) is 21.1. The molecule has 3 aromatic carbocycles. The number of ether oxygens (including phenoxy) is 2. The van der Waals surface area contributed by atoms with Crippen molar-refractivity contribution < 1.29 is 19.4 Å². The molecule has 0 aliphatic carbocycles. The fourth-order valence-electron chi connectivity index (χ4n) is 5.18. The molecule has 5 rings (SSSR count). The fourth-order valence-corrected chi connectivity index (χ4v) is 5.45. The standard InChI is InChI=1S/C31H33BrN2O4/c32-26-14-10-24(11-15-26)28-31(22-23-8-3-1-4-9-23,30(36)34-18-5-2-6-19-34)33-29(38-28)25-12-16-27(17-13-25)37-21-7-20-35/h1,3-4,8-17,28,35H,2,5-7,18-22H2/t28-,31-/m1/s1. The van der Waals surface area contributed by atoms with Crippen LogP contribution in [-0.2, 0) is 16.0 Å². The average Bonchev–Trinajstić information content (AvgIpc) is 3.34. The van der Waals surface area contributed by atoms with Gasteiger partial charge in [0.2, 0.25) is 5.90 Å². The van der Waals surface area contributed by atoms with Crippen LogP contribution in [0.1, 0.15) is 48.5 Å². The van der Waals surface area contributed by atoms with Crippen molar-refractivity contribution in [1.29, 1.82) is 0 Å². The minimum Gasteiger partial charge on any atom is -0.494 e. The minimum absolute atomic E-state index is 0.0212. The van der Waals surface area contributed by atoms with Crippen LogP contribution in [0, 0.1) is 0 Å². The van der Waals surface area contributed by atoms with E-state index in [-0.39, 0.29) is 12.5 Å². The summed E-state index contributed by atoms with van der Waals surface area (Å²) in [4.78, 5) is 21.6. The highest BCUT2D eigenvalue weighted by Crippen LogP contribution is 2.44. The molecule has 2 aliphatic heterocycles. The van der Waals surface area contributed by atoms with Crippen LogP contribution in [0.3, 0.4) is 0 Å². The zero-order valence-corrected chi connectivity index (χ0v) is 23.0. The van der Waals surface area contributed by atoms with E-state index >= 15 is 0 Å². The number of hydrogen-bond acceptors (Lipinski definition) is 5. The smallest absolute Gasteiger partial charge is 0.255 e. The van der Waals surface area contributed by atoms with Gasteiger partial charge in [-0.3, -0.25) is 4.79 Å². The van der Waals surface area contributed by atoms with Crippen molar-refractivity contribution in [3.8, 4) is 5.75 Å². The van der Waals surface area contributed by atoms with Crippen LogP contribution < -0.4 is 4.74 Å². The number of amides is 1. The molecule has 1 amide bonds. The van der Waals surface area contributed by atoms with Gasteiger partial charge in [-0.25, -0.2) is 4.99 Å². The molecule has 0 spiro atoms. The van der Waals surface area contributed by atoms with Gasteiger partial charge in [0.25, 0.3) is 5.91 Å². The second-order valence-electron chi connectivity index (χ2n) is 9.86. The van der Waals surface area contributed by atoms with Crippen molar-refractivity contribution in [2.75, 3.05) is 26.3 Å². The highest BCUT2D eigenvalue weighted by molar-refractivity contribution is 9.10. The number of hydrogen-bond donors (Lipinski definition) is 1. The van der Waals surface area contributed by atoms with Gasteiger partial charge in [-0.05, 0) is 66.8 Å². The van der Waals surface area contributed by atoms with Crippen LogP contribution in [0.5, 0.6) is 5.75 Å². The Morgan fingerprint density at radius 2 is 1.71 bits per heavy atom. The predicted molar refractivity (Wildman–Crippen MR) is 151 cm³/mol. The van der Waals surface area contributed by atoms with Crippen molar-refractivity contribution in [2.24, 2.45) is 4.99 Å². The molecular formula is C31H33BrN2O4. The number of carbonyl (C=O) groups excluding carboxylic acids is 1. The summed E-state index contributed by atoms with van der Waals surface area (Å²) in [6.45, 7) is 2.03. The average molecular weight is 578 g/mol. The topological polar surface area (TPSA) is 71.4 Å². The van der Waals surface area contributed by atoms with Gasteiger partial charge < -0.3 is 19.5 Å². The molecule has 198 valence electrons. The number of carbonyl (C=O) groups is 1. The molecule has 0 aromatic heterocycles. The van der Waals surface area contributed by atoms with E-state index in [9.17, 15) is 4.79 Å². The predicted octanol–water partition coefficient (Wildman–Crippen LogP) is 5.72. The Hall–Kier alpha value is -3.16. The summed E-state index contributed by atoms with van der Waals surface area (Å²) in [5.41, 5.74) is 1.62. The van der Waals surface area contributed by atoms with Gasteiger partial charge in [0, 0.05) is 42.6 Å². The van der Waals surface area contributed by atoms with E-state index in [2.05, 4.69) is 28.1 Å². The van der Waals surface area contributed by atoms with E-state index in [1.54, 1.807) is 0 Å². The molecular weight excluding hydrogens is 544 g/mol. The van der Waals surface area contributed by atoms with Crippen LogP contribution in [0.2, 0.25) is 0 Å². The van der Waals surface area contributed by atoms with Crippen molar-refractivity contribution in [3.63, 3.8) is 0 Å². The molecule has 0 radical (unpaired) electrons. The zero-order valence-electron chi connectivity index (χ0n) is 21.4. The lowest BCUT2D eigenvalue weighted by atomic mass is 9.81. The Labute approximate surface area is 232 Å². The summed E-state index contributed by atoms with van der Waals surface area (Å²) >= 11 is 3.54. The molecule has 7 heteroatoms. The van der Waals surface area contributed by atoms with E-state index in [4.69, 9.17) is 19.6 Å². The molecule has 2 aliphatic rings. The van der Waals surface area contributed by atoms with Gasteiger partial charge in [-0.2, -0.15) is 0 Å². The van der Waals surface area contributed by atoms with Gasteiger partial charge >= 0.3 is 0 Å².